The highest BCUT2D eigenvalue weighted by Gasteiger charge is 2.35. The molecule has 0 spiro atoms. The first-order valence-corrected chi connectivity index (χ1v) is 14.6. The lowest BCUT2D eigenvalue weighted by atomic mass is 9.94. The Labute approximate surface area is 256 Å². The minimum atomic E-state index is -0.809. The minimum Gasteiger partial charge on any atom is -0.497 e. The third-order valence-electron chi connectivity index (χ3n) is 5.96. The largest absolute Gasteiger partial charge is 0.497 e. The molecule has 10 nitrogen and oxygen atoms in total. The molecule has 0 bridgehead atoms. The summed E-state index contributed by atoms with van der Waals surface area (Å²) in [5.41, 5.74) is 1.17. The monoisotopic (exact) mass is 603 g/mol. The van der Waals surface area contributed by atoms with Crippen LogP contribution in [-0.4, -0.2) is 68.2 Å². The molecule has 0 N–H and O–H groups in total. The van der Waals surface area contributed by atoms with E-state index in [4.69, 9.17) is 33.2 Å². The van der Waals surface area contributed by atoms with Crippen LogP contribution in [0.2, 0.25) is 0 Å². The molecule has 240 valence electrons. The van der Waals surface area contributed by atoms with Crippen molar-refractivity contribution in [3.63, 3.8) is 0 Å². The number of rotatable bonds is 14. The van der Waals surface area contributed by atoms with Gasteiger partial charge in [0.1, 0.15) is 17.0 Å². The summed E-state index contributed by atoms with van der Waals surface area (Å²) >= 11 is 0. The smallest absolute Gasteiger partial charge is 0.420 e. The molecule has 1 atom stereocenters. The second kappa shape index (κ2) is 16.4. The Kier molecular flexibility index (Phi) is 13.6. The average Bonchev–Trinajstić information content (AvgIpc) is 2.89. The zero-order chi connectivity index (χ0) is 32.2. The number of ether oxygens (including phenoxy) is 7. The van der Waals surface area contributed by atoms with Crippen LogP contribution >= 0.6 is 0 Å². The Balaban J connectivity index is 2.57. The number of imide groups is 1. The lowest BCUT2D eigenvalue weighted by Crippen LogP contribution is -2.48. The Hall–Kier alpha value is -3.50. The van der Waals surface area contributed by atoms with E-state index in [-0.39, 0.29) is 13.6 Å². The van der Waals surface area contributed by atoms with E-state index in [1.165, 1.54) is 0 Å². The number of amides is 2. The molecular weight excluding hydrogens is 554 g/mol. The number of benzene rings is 2. The van der Waals surface area contributed by atoms with Crippen LogP contribution in [0.4, 0.5) is 9.59 Å². The molecule has 10 heteroatoms. The number of nitrogens with zero attached hydrogens (tertiary/aromatic N) is 1. The topological polar surface area (TPSA) is 102 Å². The molecule has 0 saturated carbocycles. The Morgan fingerprint density at radius 2 is 1.23 bits per heavy atom. The molecule has 43 heavy (non-hydrogen) atoms. The van der Waals surface area contributed by atoms with Gasteiger partial charge in [0.2, 0.25) is 0 Å². The van der Waals surface area contributed by atoms with Gasteiger partial charge in [0.25, 0.3) is 0 Å². The number of carbonyl (C=O) groups is 2. The molecule has 0 heterocycles. The van der Waals surface area contributed by atoms with Crippen molar-refractivity contribution in [2.75, 3.05) is 33.9 Å². The van der Waals surface area contributed by atoms with Crippen molar-refractivity contribution >= 4 is 12.2 Å². The molecular formula is C33H49NO9. The van der Waals surface area contributed by atoms with Crippen LogP contribution in [0.3, 0.4) is 0 Å². The van der Waals surface area contributed by atoms with Crippen LogP contribution in [0, 0.1) is 0 Å². The van der Waals surface area contributed by atoms with Gasteiger partial charge in [-0.05, 0) is 116 Å². The summed E-state index contributed by atoms with van der Waals surface area (Å²) in [6.07, 6.45) is -0.728. The van der Waals surface area contributed by atoms with E-state index in [1.807, 2.05) is 50.2 Å². The van der Waals surface area contributed by atoms with Gasteiger partial charge in [-0.2, -0.15) is 0 Å². The Bertz CT molecular complexity index is 1140. The number of hydrogen-bond donors (Lipinski definition) is 0. The van der Waals surface area contributed by atoms with Gasteiger partial charge in [0.15, 0.2) is 25.1 Å². The SMILES string of the molecule is CCOCOc1cc(Cc2ccc(OC)cc2)c(CC(C)N(C(=O)OC(C)(C)C)C(=O)OC(C)(C)C)cc1OCOCC. The van der Waals surface area contributed by atoms with Crippen molar-refractivity contribution in [1.82, 2.24) is 4.90 Å². The van der Waals surface area contributed by atoms with Crippen molar-refractivity contribution in [3.8, 4) is 17.2 Å². The molecule has 1 unspecified atom stereocenters. The van der Waals surface area contributed by atoms with Gasteiger partial charge < -0.3 is 33.2 Å². The van der Waals surface area contributed by atoms with Crippen LogP contribution < -0.4 is 14.2 Å². The van der Waals surface area contributed by atoms with Crippen molar-refractivity contribution in [2.24, 2.45) is 0 Å². The fourth-order valence-corrected chi connectivity index (χ4v) is 4.03. The summed E-state index contributed by atoms with van der Waals surface area (Å²) in [4.78, 5) is 27.7. The predicted octanol–water partition coefficient (Wildman–Crippen LogP) is 7.13. The van der Waals surface area contributed by atoms with E-state index in [9.17, 15) is 9.59 Å². The van der Waals surface area contributed by atoms with Gasteiger partial charge in [-0.3, -0.25) is 0 Å². The van der Waals surface area contributed by atoms with Crippen LogP contribution in [0.15, 0.2) is 36.4 Å². The summed E-state index contributed by atoms with van der Waals surface area (Å²) in [6.45, 7) is 17.1. The van der Waals surface area contributed by atoms with Crippen LogP contribution in [-0.2, 0) is 31.8 Å². The van der Waals surface area contributed by atoms with Crippen LogP contribution in [0.1, 0.15) is 79.0 Å². The molecule has 2 aromatic carbocycles. The molecule has 2 aromatic rings. The standard InChI is InChI=1S/C33H49NO9/c1-11-38-21-40-28-19-25(17-23(3)34(30(35)42-32(4,5)6)31(36)43-33(7,8)9)26(20-29(28)41-22-39-12-2)18-24-13-15-27(37-10)16-14-24/h13-16,19-20,23H,11-12,17-18,21-22H2,1-10H3. The molecule has 0 aromatic heterocycles. The Morgan fingerprint density at radius 1 is 0.767 bits per heavy atom. The second-order valence-electron chi connectivity index (χ2n) is 12.0. The van der Waals surface area contributed by atoms with E-state index in [2.05, 4.69) is 0 Å². The molecule has 0 aliphatic carbocycles. The number of methoxy groups -OCH3 is 1. The summed E-state index contributed by atoms with van der Waals surface area (Å²) in [6, 6.07) is 10.9. The number of carbonyl (C=O) groups excluding carboxylic acids is 2. The van der Waals surface area contributed by atoms with Gasteiger partial charge in [-0.25, -0.2) is 14.5 Å². The molecule has 2 rings (SSSR count). The minimum absolute atomic E-state index is 0.0241. The fourth-order valence-electron chi connectivity index (χ4n) is 4.03. The summed E-state index contributed by atoms with van der Waals surface area (Å²) in [5.74, 6) is 1.70. The van der Waals surface area contributed by atoms with E-state index in [0.29, 0.717) is 37.6 Å². The third-order valence-corrected chi connectivity index (χ3v) is 5.96. The van der Waals surface area contributed by atoms with E-state index in [0.717, 1.165) is 27.3 Å². The molecule has 0 aliphatic rings. The quantitative estimate of drug-likeness (QED) is 0.165. The van der Waals surface area contributed by atoms with Crippen LogP contribution in [0.25, 0.3) is 0 Å². The highest BCUT2D eigenvalue weighted by atomic mass is 16.7. The van der Waals surface area contributed by atoms with Crippen molar-refractivity contribution in [1.29, 1.82) is 0 Å². The van der Waals surface area contributed by atoms with Gasteiger partial charge in [-0.1, -0.05) is 12.1 Å². The zero-order valence-electron chi connectivity index (χ0n) is 27.4. The summed E-state index contributed by atoms with van der Waals surface area (Å²) < 4.78 is 39.3. The van der Waals surface area contributed by atoms with E-state index < -0.39 is 29.4 Å². The zero-order valence-corrected chi connectivity index (χ0v) is 27.4. The fraction of sp³-hybridized carbons (Fsp3) is 0.576. The average molecular weight is 604 g/mol. The summed E-state index contributed by atoms with van der Waals surface area (Å²) in [5, 5.41) is 0. The van der Waals surface area contributed by atoms with Gasteiger partial charge >= 0.3 is 12.2 Å². The molecule has 0 saturated heterocycles. The van der Waals surface area contributed by atoms with Crippen LogP contribution in [0.5, 0.6) is 17.2 Å². The second-order valence-corrected chi connectivity index (χ2v) is 12.0. The summed E-state index contributed by atoms with van der Waals surface area (Å²) in [7, 11) is 1.62. The first-order chi connectivity index (χ1) is 20.2. The first-order valence-electron chi connectivity index (χ1n) is 14.6. The lowest BCUT2D eigenvalue weighted by molar-refractivity contribution is -0.00580. The predicted molar refractivity (Wildman–Crippen MR) is 164 cm³/mol. The maximum absolute atomic E-state index is 13.3. The normalized spacial score (nSPS) is 12.3. The van der Waals surface area contributed by atoms with Gasteiger partial charge in [-0.15, -0.1) is 0 Å². The molecule has 2 amide bonds. The van der Waals surface area contributed by atoms with Crippen molar-refractivity contribution < 1.29 is 42.7 Å². The van der Waals surface area contributed by atoms with Gasteiger partial charge in [0.05, 0.1) is 7.11 Å². The maximum atomic E-state index is 13.3. The van der Waals surface area contributed by atoms with Gasteiger partial charge in [0, 0.05) is 19.3 Å². The third kappa shape index (κ3) is 12.3. The highest BCUT2D eigenvalue weighted by Crippen LogP contribution is 2.34. The van der Waals surface area contributed by atoms with Crippen molar-refractivity contribution in [2.45, 2.75) is 92.4 Å². The van der Waals surface area contributed by atoms with Crippen molar-refractivity contribution in [3.05, 3.63) is 53.1 Å². The molecule has 0 radical (unpaired) electrons. The first kappa shape index (κ1) is 35.7. The van der Waals surface area contributed by atoms with E-state index in [1.54, 1.807) is 55.6 Å². The highest BCUT2D eigenvalue weighted by molar-refractivity contribution is 5.88. The molecule has 0 fully saturated rings. The number of hydrogen-bond acceptors (Lipinski definition) is 9. The maximum Gasteiger partial charge on any atom is 0.420 e. The lowest BCUT2D eigenvalue weighted by Gasteiger charge is -2.32. The Morgan fingerprint density at radius 3 is 1.65 bits per heavy atom. The molecule has 0 aliphatic heterocycles. The van der Waals surface area contributed by atoms with E-state index >= 15 is 0 Å².